The summed E-state index contributed by atoms with van der Waals surface area (Å²) in [4.78, 5) is 12.1. The van der Waals surface area contributed by atoms with Crippen LogP contribution in [0.3, 0.4) is 0 Å². The molecule has 0 aliphatic heterocycles. The van der Waals surface area contributed by atoms with Crippen molar-refractivity contribution < 1.29 is 14.3 Å². The van der Waals surface area contributed by atoms with Crippen LogP contribution in [0.5, 0.6) is 11.5 Å². The molecule has 1 amide bonds. The molecule has 8 heteroatoms. The molecule has 29 heavy (non-hydrogen) atoms. The van der Waals surface area contributed by atoms with Crippen molar-refractivity contribution in [2.24, 2.45) is 5.10 Å². The van der Waals surface area contributed by atoms with E-state index in [2.05, 4.69) is 27.7 Å². The molecule has 2 aromatic rings. The lowest BCUT2D eigenvalue weighted by Crippen LogP contribution is -2.31. The molecule has 0 aliphatic rings. The molecule has 2 rings (SSSR count). The first-order chi connectivity index (χ1) is 14.0. The number of rotatable bonds is 9. The standard InChI is InChI=1S/C21H24N4O3S/c1-4-10-22-21(29)25-23-13-16-8-9-18(19(12-16)27-3)28-14-20(26)24-17-7-5-6-15(2)11-17/h4-9,11-13H,1,10,14H2,2-3H3,(H,24,26)(H2,22,25,29)/b23-13+. The highest BCUT2D eigenvalue weighted by molar-refractivity contribution is 7.80. The first-order valence-corrected chi connectivity index (χ1v) is 9.28. The third kappa shape index (κ3) is 7.63. The molecular weight excluding hydrogens is 388 g/mol. The molecule has 0 heterocycles. The number of ether oxygens (including phenoxy) is 2. The van der Waals surface area contributed by atoms with Gasteiger partial charge in [0.25, 0.3) is 5.91 Å². The van der Waals surface area contributed by atoms with Gasteiger partial charge in [0.15, 0.2) is 23.2 Å². The molecule has 7 nitrogen and oxygen atoms in total. The summed E-state index contributed by atoms with van der Waals surface area (Å²) in [7, 11) is 1.53. The van der Waals surface area contributed by atoms with Crippen LogP contribution in [0.1, 0.15) is 11.1 Å². The number of hydrogen-bond acceptors (Lipinski definition) is 5. The summed E-state index contributed by atoms with van der Waals surface area (Å²) in [6, 6.07) is 12.8. The van der Waals surface area contributed by atoms with Gasteiger partial charge < -0.3 is 20.1 Å². The Labute approximate surface area is 175 Å². The molecule has 0 fully saturated rings. The first kappa shape index (κ1) is 21.9. The van der Waals surface area contributed by atoms with Crippen LogP contribution in [-0.2, 0) is 4.79 Å². The Balaban J connectivity index is 1.91. The van der Waals surface area contributed by atoms with Crippen LogP contribution in [-0.4, -0.2) is 37.5 Å². The van der Waals surface area contributed by atoms with Gasteiger partial charge in [-0.15, -0.1) is 6.58 Å². The van der Waals surface area contributed by atoms with E-state index in [9.17, 15) is 4.79 Å². The molecule has 0 bridgehead atoms. The molecular formula is C21H24N4O3S. The predicted octanol–water partition coefficient (Wildman–Crippen LogP) is 3.01. The van der Waals surface area contributed by atoms with E-state index < -0.39 is 0 Å². The van der Waals surface area contributed by atoms with Crippen LogP contribution in [0.25, 0.3) is 0 Å². The summed E-state index contributed by atoms with van der Waals surface area (Å²) in [6.07, 6.45) is 3.29. The molecule has 0 saturated carbocycles. The zero-order chi connectivity index (χ0) is 21.1. The second kappa shape index (κ2) is 11.5. The average Bonchev–Trinajstić information content (AvgIpc) is 2.71. The summed E-state index contributed by atoms with van der Waals surface area (Å²) in [5, 5.41) is 10.2. The Kier molecular flexibility index (Phi) is 8.65. The zero-order valence-electron chi connectivity index (χ0n) is 16.4. The Morgan fingerprint density at radius 2 is 2.07 bits per heavy atom. The number of aryl methyl sites for hydroxylation is 1. The summed E-state index contributed by atoms with van der Waals surface area (Å²) in [6.45, 7) is 5.98. The first-order valence-electron chi connectivity index (χ1n) is 8.87. The molecule has 2 aromatic carbocycles. The molecule has 0 unspecified atom stereocenters. The Morgan fingerprint density at radius 1 is 1.24 bits per heavy atom. The van der Waals surface area contributed by atoms with E-state index in [-0.39, 0.29) is 12.5 Å². The largest absolute Gasteiger partial charge is 0.493 e. The number of anilines is 1. The van der Waals surface area contributed by atoms with Crippen molar-refractivity contribution in [3.8, 4) is 11.5 Å². The normalized spacial score (nSPS) is 10.3. The number of nitrogens with zero attached hydrogens (tertiary/aromatic N) is 1. The van der Waals surface area contributed by atoms with Gasteiger partial charge in [-0.2, -0.15) is 5.10 Å². The Hall–Kier alpha value is -3.39. The number of hydrogen-bond donors (Lipinski definition) is 3. The lowest BCUT2D eigenvalue weighted by molar-refractivity contribution is -0.118. The molecule has 0 aliphatic carbocycles. The summed E-state index contributed by atoms with van der Waals surface area (Å²) >= 11 is 5.05. The van der Waals surface area contributed by atoms with Gasteiger partial charge in [0, 0.05) is 12.2 Å². The lowest BCUT2D eigenvalue weighted by Gasteiger charge is -2.11. The van der Waals surface area contributed by atoms with E-state index in [4.69, 9.17) is 21.7 Å². The highest BCUT2D eigenvalue weighted by Crippen LogP contribution is 2.27. The summed E-state index contributed by atoms with van der Waals surface area (Å²) < 4.78 is 10.9. The van der Waals surface area contributed by atoms with Crippen LogP contribution in [0.4, 0.5) is 5.69 Å². The van der Waals surface area contributed by atoms with Gasteiger partial charge in [0.05, 0.1) is 13.3 Å². The van der Waals surface area contributed by atoms with Crippen LogP contribution in [0.2, 0.25) is 0 Å². The predicted molar refractivity (Wildman–Crippen MR) is 120 cm³/mol. The number of benzene rings is 2. The molecule has 0 spiro atoms. The molecule has 0 saturated heterocycles. The number of carbonyl (C=O) groups excluding carboxylic acids is 1. The van der Waals surface area contributed by atoms with Gasteiger partial charge in [-0.25, -0.2) is 0 Å². The average molecular weight is 413 g/mol. The summed E-state index contributed by atoms with van der Waals surface area (Å²) in [5.41, 5.74) is 5.27. The van der Waals surface area contributed by atoms with Gasteiger partial charge in [-0.3, -0.25) is 10.2 Å². The second-order valence-corrected chi connectivity index (χ2v) is 6.39. The number of carbonyl (C=O) groups is 1. The maximum atomic E-state index is 12.1. The second-order valence-electron chi connectivity index (χ2n) is 5.99. The van der Waals surface area contributed by atoms with Crippen molar-refractivity contribution in [3.63, 3.8) is 0 Å². The fourth-order valence-electron chi connectivity index (χ4n) is 2.32. The van der Waals surface area contributed by atoms with Gasteiger partial charge in [-0.05, 0) is 60.6 Å². The smallest absolute Gasteiger partial charge is 0.262 e. The third-order valence-corrected chi connectivity index (χ3v) is 3.87. The number of thiocarbonyl (C=S) groups is 1. The van der Waals surface area contributed by atoms with Crippen LogP contribution < -0.4 is 25.5 Å². The van der Waals surface area contributed by atoms with E-state index in [0.717, 1.165) is 16.8 Å². The fourth-order valence-corrected chi connectivity index (χ4v) is 2.45. The quantitative estimate of drug-likeness (QED) is 0.254. The fraction of sp³-hybridized carbons (Fsp3) is 0.190. The van der Waals surface area contributed by atoms with Crippen molar-refractivity contribution >= 4 is 35.1 Å². The van der Waals surface area contributed by atoms with Crippen LogP contribution in [0.15, 0.2) is 60.2 Å². The minimum atomic E-state index is -0.256. The van der Waals surface area contributed by atoms with Crippen molar-refractivity contribution in [3.05, 3.63) is 66.2 Å². The number of methoxy groups -OCH3 is 1. The lowest BCUT2D eigenvalue weighted by atomic mass is 10.2. The Bertz CT molecular complexity index is 899. The van der Waals surface area contributed by atoms with E-state index in [1.54, 1.807) is 30.5 Å². The molecule has 0 atom stereocenters. The third-order valence-electron chi connectivity index (χ3n) is 3.63. The van der Waals surface area contributed by atoms with Gasteiger partial charge in [0.1, 0.15) is 0 Å². The zero-order valence-corrected chi connectivity index (χ0v) is 17.2. The number of amides is 1. The topological polar surface area (TPSA) is 84.0 Å². The van der Waals surface area contributed by atoms with E-state index >= 15 is 0 Å². The van der Waals surface area contributed by atoms with Crippen LogP contribution >= 0.6 is 12.2 Å². The molecule has 0 aromatic heterocycles. The van der Waals surface area contributed by atoms with E-state index in [1.807, 2.05) is 31.2 Å². The number of nitrogens with one attached hydrogen (secondary N) is 3. The highest BCUT2D eigenvalue weighted by atomic mass is 32.1. The molecule has 3 N–H and O–H groups in total. The Morgan fingerprint density at radius 3 is 2.79 bits per heavy atom. The maximum absolute atomic E-state index is 12.1. The van der Waals surface area contributed by atoms with E-state index in [0.29, 0.717) is 23.2 Å². The highest BCUT2D eigenvalue weighted by Gasteiger charge is 2.09. The molecule has 152 valence electrons. The SMILES string of the molecule is C=CCNC(=S)N/N=C/c1ccc(OCC(=O)Nc2cccc(C)c2)c(OC)c1. The minimum Gasteiger partial charge on any atom is -0.493 e. The van der Waals surface area contributed by atoms with E-state index in [1.165, 1.54) is 7.11 Å². The monoisotopic (exact) mass is 412 g/mol. The van der Waals surface area contributed by atoms with Crippen molar-refractivity contribution in [1.29, 1.82) is 0 Å². The summed E-state index contributed by atoms with van der Waals surface area (Å²) in [5.74, 6) is 0.692. The van der Waals surface area contributed by atoms with Crippen molar-refractivity contribution in [2.45, 2.75) is 6.92 Å². The van der Waals surface area contributed by atoms with Gasteiger partial charge in [-0.1, -0.05) is 18.2 Å². The number of hydrazone groups is 1. The van der Waals surface area contributed by atoms with Crippen molar-refractivity contribution in [1.82, 2.24) is 10.7 Å². The van der Waals surface area contributed by atoms with Gasteiger partial charge >= 0.3 is 0 Å². The maximum Gasteiger partial charge on any atom is 0.262 e. The van der Waals surface area contributed by atoms with Crippen molar-refractivity contribution in [2.75, 3.05) is 25.6 Å². The molecule has 0 radical (unpaired) electrons. The minimum absolute atomic E-state index is 0.136. The van der Waals surface area contributed by atoms with Gasteiger partial charge in [0.2, 0.25) is 0 Å². The van der Waals surface area contributed by atoms with Crippen LogP contribution in [0, 0.1) is 6.92 Å².